The van der Waals surface area contributed by atoms with Crippen molar-refractivity contribution in [3.05, 3.63) is 18.2 Å². The molecule has 1 N–H and O–H groups in total. The van der Waals surface area contributed by atoms with Gasteiger partial charge >= 0.3 is 0 Å². The number of aliphatic hydroxyl groups excluding tert-OH is 1. The minimum absolute atomic E-state index is 0.187. The summed E-state index contributed by atoms with van der Waals surface area (Å²) in [6.07, 6.45) is -1.77. The van der Waals surface area contributed by atoms with Gasteiger partial charge in [0.2, 0.25) is 0 Å². The summed E-state index contributed by atoms with van der Waals surface area (Å²) < 4.78 is 38.5. The predicted molar refractivity (Wildman–Crippen MR) is 68.6 cm³/mol. The van der Waals surface area contributed by atoms with Crippen LogP contribution >= 0.6 is 0 Å². The van der Waals surface area contributed by atoms with Gasteiger partial charge in [0, 0.05) is 18.2 Å². The van der Waals surface area contributed by atoms with E-state index in [0.29, 0.717) is 17.2 Å². The lowest BCUT2D eigenvalue weighted by Crippen LogP contribution is -2.29. The highest BCUT2D eigenvalue weighted by atomic mass is 32.2. The molecule has 6 nitrogen and oxygen atoms in total. The Labute approximate surface area is 111 Å². The predicted octanol–water partition coefficient (Wildman–Crippen LogP) is 0.240. The van der Waals surface area contributed by atoms with Crippen LogP contribution in [0, 0.1) is 0 Å². The van der Waals surface area contributed by atoms with Gasteiger partial charge in [-0.1, -0.05) is 0 Å². The second kappa shape index (κ2) is 5.26. The largest absolute Gasteiger partial charge is 0.496 e. The van der Waals surface area contributed by atoms with Crippen LogP contribution in [0.15, 0.2) is 18.2 Å². The van der Waals surface area contributed by atoms with Crippen molar-refractivity contribution in [1.29, 1.82) is 0 Å². The minimum atomic E-state index is -3.23. The second-order valence-corrected chi connectivity index (χ2v) is 6.50. The van der Waals surface area contributed by atoms with Crippen molar-refractivity contribution in [3.8, 4) is 17.2 Å². The van der Waals surface area contributed by atoms with Crippen molar-refractivity contribution in [2.75, 3.05) is 25.7 Å². The van der Waals surface area contributed by atoms with Crippen LogP contribution in [0.4, 0.5) is 0 Å². The summed E-state index contributed by atoms with van der Waals surface area (Å²) in [5, 5.41) is 9.67. The fourth-order valence-electron chi connectivity index (χ4n) is 1.93. The van der Waals surface area contributed by atoms with Crippen LogP contribution in [0.2, 0.25) is 0 Å². The summed E-state index contributed by atoms with van der Waals surface area (Å²) in [5.41, 5.74) is 0. The van der Waals surface area contributed by atoms with Gasteiger partial charge in [0.1, 0.15) is 29.5 Å². The smallest absolute Gasteiger partial charge is 0.156 e. The molecule has 0 saturated carbocycles. The summed E-state index contributed by atoms with van der Waals surface area (Å²) in [7, 11) is -0.219. The van der Waals surface area contributed by atoms with E-state index < -0.39 is 22.0 Å². The molecule has 2 rings (SSSR count). The molecule has 0 aliphatic carbocycles. The molecular formula is C12H16O6S. The number of hydrogen-bond donors (Lipinski definition) is 1. The molecule has 1 aliphatic heterocycles. The number of hydrogen-bond acceptors (Lipinski definition) is 6. The van der Waals surface area contributed by atoms with Crippen molar-refractivity contribution in [3.63, 3.8) is 0 Å². The van der Waals surface area contributed by atoms with Crippen molar-refractivity contribution in [1.82, 2.24) is 0 Å². The first-order valence-electron chi connectivity index (χ1n) is 5.72. The van der Waals surface area contributed by atoms with E-state index >= 15 is 0 Å². The zero-order valence-corrected chi connectivity index (χ0v) is 11.5. The zero-order chi connectivity index (χ0) is 14.0. The third-order valence-electron chi connectivity index (χ3n) is 2.88. The molecule has 1 aromatic carbocycles. The van der Waals surface area contributed by atoms with Crippen molar-refractivity contribution in [2.45, 2.75) is 12.2 Å². The third-order valence-corrected chi connectivity index (χ3v) is 4.57. The SMILES string of the molecule is COc1cc(OC)cc(OC2CS(=O)(=O)CC2O)c1. The highest BCUT2D eigenvalue weighted by molar-refractivity contribution is 7.91. The van der Waals surface area contributed by atoms with Gasteiger partial charge in [-0.15, -0.1) is 0 Å². The Bertz CT molecular complexity index is 531. The van der Waals surface area contributed by atoms with E-state index in [1.165, 1.54) is 14.2 Å². The Balaban J connectivity index is 2.19. The summed E-state index contributed by atoms with van der Waals surface area (Å²) >= 11 is 0. The van der Waals surface area contributed by atoms with Gasteiger partial charge in [-0.3, -0.25) is 0 Å². The Hall–Kier alpha value is -1.47. The molecule has 0 amide bonds. The molecule has 0 spiro atoms. The summed E-state index contributed by atoms with van der Waals surface area (Å²) in [4.78, 5) is 0. The van der Waals surface area contributed by atoms with E-state index in [1.807, 2.05) is 0 Å². The molecule has 1 fully saturated rings. The van der Waals surface area contributed by atoms with Gasteiger partial charge in [0.15, 0.2) is 9.84 Å². The first-order chi connectivity index (χ1) is 8.93. The van der Waals surface area contributed by atoms with E-state index in [4.69, 9.17) is 14.2 Å². The van der Waals surface area contributed by atoms with Gasteiger partial charge in [0.25, 0.3) is 0 Å². The van der Waals surface area contributed by atoms with Crippen LogP contribution in [0.25, 0.3) is 0 Å². The maximum absolute atomic E-state index is 11.4. The van der Waals surface area contributed by atoms with Gasteiger partial charge in [-0.25, -0.2) is 8.42 Å². The normalized spacial score (nSPS) is 25.0. The minimum Gasteiger partial charge on any atom is -0.496 e. The standard InChI is InChI=1S/C12H16O6S/c1-16-8-3-9(17-2)5-10(4-8)18-12-7-19(14,15)6-11(12)13/h3-5,11-13H,6-7H2,1-2H3. The van der Waals surface area contributed by atoms with E-state index in [-0.39, 0.29) is 11.5 Å². The molecule has 19 heavy (non-hydrogen) atoms. The average molecular weight is 288 g/mol. The Morgan fingerprint density at radius 3 is 2.00 bits per heavy atom. The molecule has 0 aromatic heterocycles. The molecule has 1 saturated heterocycles. The number of aliphatic hydroxyl groups is 1. The quantitative estimate of drug-likeness (QED) is 0.854. The number of rotatable bonds is 4. The Kier molecular flexibility index (Phi) is 3.86. The lowest BCUT2D eigenvalue weighted by Gasteiger charge is -2.17. The molecule has 2 unspecified atom stereocenters. The maximum atomic E-state index is 11.4. The van der Waals surface area contributed by atoms with Crippen molar-refractivity contribution >= 4 is 9.84 Å². The van der Waals surface area contributed by atoms with Crippen molar-refractivity contribution < 1.29 is 27.7 Å². The van der Waals surface area contributed by atoms with Crippen LogP contribution in [-0.2, 0) is 9.84 Å². The molecule has 0 bridgehead atoms. The third kappa shape index (κ3) is 3.30. The van der Waals surface area contributed by atoms with Crippen molar-refractivity contribution in [2.24, 2.45) is 0 Å². The van der Waals surface area contributed by atoms with Crippen LogP contribution in [0.1, 0.15) is 0 Å². The monoisotopic (exact) mass is 288 g/mol. The fraction of sp³-hybridized carbons (Fsp3) is 0.500. The highest BCUT2D eigenvalue weighted by Crippen LogP contribution is 2.29. The Morgan fingerprint density at radius 1 is 1.05 bits per heavy atom. The molecule has 1 aromatic rings. The lowest BCUT2D eigenvalue weighted by atomic mass is 10.2. The average Bonchev–Trinajstić information content (AvgIpc) is 2.61. The molecular weight excluding hydrogens is 272 g/mol. The van der Waals surface area contributed by atoms with Gasteiger partial charge in [0.05, 0.1) is 25.7 Å². The summed E-state index contributed by atoms with van der Waals surface area (Å²) in [5.74, 6) is 1.01. The number of methoxy groups -OCH3 is 2. The van der Waals surface area contributed by atoms with E-state index in [2.05, 4.69) is 0 Å². The van der Waals surface area contributed by atoms with Crippen LogP contribution in [0.5, 0.6) is 17.2 Å². The van der Waals surface area contributed by atoms with E-state index in [0.717, 1.165) is 0 Å². The Morgan fingerprint density at radius 2 is 1.58 bits per heavy atom. The molecule has 2 atom stereocenters. The molecule has 1 heterocycles. The molecule has 0 radical (unpaired) electrons. The molecule has 7 heteroatoms. The van der Waals surface area contributed by atoms with Gasteiger partial charge in [-0.05, 0) is 0 Å². The molecule has 106 valence electrons. The van der Waals surface area contributed by atoms with Gasteiger partial charge < -0.3 is 19.3 Å². The van der Waals surface area contributed by atoms with Gasteiger partial charge in [-0.2, -0.15) is 0 Å². The number of ether oxygens (including phenoxy) is 3. The summed E-state index contributed by atoms with van der Waals surface area (Å²) in [6.45, 7) is 0. The number of benzene rings is 1. The maximum Gasteiger partial charge on any atom is 0.156 e. The lowest BCUT2D eigenvalue weighted by molar-refractivity contribution is 0.0735. The second-order valence-electron chi connectivity index (χ2n) is 4.35. The zero-order valence-electron chi connectivity index (χ0n) is 10.7. The van der Waals surface area contributed by atoms with E-state index in [1.54, 1.807) is 18.2 Å². The van der Waals surface area contributed by atoms with E-state index in [9.17, 15) is 13.5 Å². The highest BCUT2D eigenvalue weighted by Gasteiger charge is 2.38. The molecule has 1 aliphatic rings. The summed E-state index contributed by atoms with van der Waals surface area (Å²) in [6, 6.07) is 4.90. The van der Waals surface area contributed by atoms with Crippen LogP contribution in [-0.4, -0.2) is 51.5 Å². The topological polar surface area (TPSA) is 82.1 Å². The van der Waals surface area contributed by atoms with Crippen LogP contribution in [0.3, 0.4) is 0 Å². The number of sulfone groups is 1. The van der Waals surface area contributed by atoms with Crippen LogP contribution < -0.4 is 14.2 Å². The first kappa shape index (κ1) is 14.0. The fourth-order valence-corrected chi connectivity index (χ4v) is 3.60. The first-order valence-corrected chi connectivity index (χ1v) is 7.54.